The lowest BCUT2D eigenvalue weighted by Gasteiger charge is -2.27. The number of likely N-dealkylation sites (N-methyl/N-ethyl adjacent to an activating group) is 1. The normalized spacial score (nSPS) is 13.8. The van der Waals surface area contributed by atoms with E-state index in [2.05, 4.69) is 39.5 Å². The highest BCUT2D eigenvalue weighted by Gasteiger charge is 2.17. The number of aliphatic imine (C=N–C) groups is 1. The van der Waals surface area contributed by atoms with Gasteiger partial charge in [0.1, 0.15) is 5.82 Å². The van der Waals surface area contributed by atoms with Gasteiger partial charge in [0.25, 0.3) is 0 Å². The van der Waals surface area contributed by atoms with Crippen LogP contribution in [0, 0.1) is 19.7 Å². The molecule has 1 heterocycles. The van der Waals surface area contributed by atoms with Crippen molar-refractivity contribution in [3.05, 3.63) is 52.6 Å². The van der Waals surface area contributed by atoms with Crippen molar-refractivity contribution in [3.8, 4) is 0 Å². The Labute approximate surface area is 191 Å². The predicted octanol–water partition coefficient (Wildman–Crippen LogP) is 3.19. The molecule has 162 valence electrons. The van der Waals surface area contributed by atoms with Gasteiger partial charge in [-0.2, -0.15) is 5.10 Å². The molecule has 0 spiro atoms. The first-order valence-corrected chi connectivity index (χ1v) is 9.61. The van der Waals surface area contributed by atoms with Gasteiger partial charge in [-0.3, -0.25) is 9.67 Å². The standard InChI is InChI=1S/C21H33FN6.HI/c1-14(12-19-15(2)26-28(7)16(19)3)25-21(23-4)24-13-20(27(5)6)17-8-10-18(22)11-9-17;/h8-11,14,20H,12-13H2,1-7H3,(H2,23,24,25);1H. The minimum Gasteiger partial charge on any atom is -0.354 e. The second-order valence-electron chi connectivity index (χ2n) is 7.51. The van der Waals surface area contributed by atoms with Crippen molar-refractivity contribution in [2.75, 3.05) is 27.7 Å². The summed E-state index contributed by atoms with van der Waals surface area (Å²) in [5.74, 6) is 0.530. The largest absolute Gasteiger partial charge is 0.354 e. The van der Waals surface area contributed by atoms with Gasteiger partial charge < -0.3 is 15.5 Å². The minimum absolute atomic E-state index is 0. The molecule has 0 radical (unpaired) electrons. The third-order valence-corrected chi connectivity index (χ3v) is 5.12. The van der Waals surface area contributed by atoms with Gasteiger partial charge in [-0.05, 0) is 64.5 Å². The number of halogens is 2. The topological polar surface area (TPSA) is 57.5 Å². The molecule has 2 unspecified atom stereocenters. The lowest BCUT2D eigenvalue weighted by molar-refractivity contribution is 0.297. The van der Waals surface area contributed by atoms with Gasteiger partial charge in [-0.1, -0.05) is 12.1 Å². The van der Waals surface area contributed by atoms with Crippen LogP contribution in [0.25, 0.3) is 0 Å². The average molecular weight is 516 g/mol. The number of aromatic nitrogens is 2. The van der Waals surface area contributed by atoms with Crippen molar-refractivity contribution in [2.24, 2.45) is 12.0 Å². The third-order valence-electron chi connectivity index (χ3n) is 5.12. The quantitative estimate of drug-likeness (QED) is 0.337. The first kappa shape index (κ1) is 25.4. The summed E-state index contributed by atoms with van der Waals surface area (Å²) in [6.45, 7) is 6.95. The molecule has 0 aliphatic rings. The Balaban J connectivity index is 0.00000420. The molecule has 2 N–H and O–H groups in total. The van der Waals surface area contributed by atoms with Crippen molar-refractivity contribution in [1.29, 1.82) is 0 Å². The van der Waals surface area contributed by atoms with E-state index < -0.39 is 0 Å². The fraction of sp³-hybridized carbons (Fsp3) is 0.524. The van der Waals surface area contributed by atoms with Crippen molar-refractivity contribution in [1.82, 2.24) is 25.3 Å². The smallest absolute Gasteiger partial charge is 0.191 e. The molecule has 0 amide bonds. The highest BCUT2D eigenvalue weighted by atomic mass is 127. The molecule has 0 aliphatic carbocycles. The Morgan fingerprint density at radius 2 is 1.86 bits per heavy atom. The Kier molecular flexibility index (Phi) is 10.0. The maximum Gasteiger partial charge on any atom is 0.191 e. The van der Waals surface area contributed by atoms with E-state index in [1.54, 1.807) is 7.05 Å². The monoisotopic (exact) mass is 516 g/mol. The van der Waals surface area contributed by atoms with Crippen LogP contribution in [0.5, 0.6) is 0 Å². The first-order chi connectivity index (χ1) is 13.2. The summed E-state index contributed by atoms with van der Waals surface area (Å²) in [5.41, 5.74) is 4.60. The number of guanidine groups is 1. The summed E-state index contributed by atoms with van der Waals surface area (Å²) in [6, 6.07) is 6.97. The van der Waals surface area contributed by atoms with E-state index in [1.165, 1.54) is 23.4 Å². The van der Waals surface area contributed by atoms with Crippen LogP contribution in [-0.4, -0.2) is 54.4 Å². The number of benzene rings is 1. The molecular formula is C21H34FIN6. The number of rotatable bonds is 7. The lowest BCUT2D eigenvalue weighted by atomic mass is 10.1. The van der Waals surface area contributed by atoms with E-state index in [9.17, 15) is 4.39 Å². The summed E-state index contributed by atoms with van der Waals surface area (Å²) < 4.78 is 15.2. The van der Waals surface area contributed by atoms with E-state index >= 15 is 0 Å². The number of aryl methyl sites for hydroxylation is 2. The second-order valence-corrected chi connectivity index (χ2v) is 7.51. The molecule has 0 saturated carbocycles. The van der Waals surface area contributed by atoms with E-state index in [0.717, 1.165) is 23.6 Å². The van der Waals surface area contributed by atoms with Gasteiger partial charge in [-0.25, -0.2) is 4.39 Å². The van der Waals surface area contributed by atoms with Crippen molar-refractivity contribution >= 4 is 29.9 Å². The second kappa shape index (κ2) is 11.5. The van der Waals surface area contributed by atoms with Crippen molar-refractivity contribution in [2.45, 2.75) is 39.3 Å². The van der Waals surface area contributed by atoms with Crippen LogP contribution in [0.15, 0.2) is 29.3 Å². The number of nitrogens with zero attached hydrogens (tertiary/aromatic N) is 4. The maximum absolute atomic E-state index is 13.2. The van der Waals surface area contributed by atoms with E-state index in [0.29, 0.717) is 6.54 Å². The van der Waals surface area contributed by atoms with Crippen LogP contribution in [0.3, 0.4) is 0 Å². The predicted molar refractivity (Wildman–Crippen MR) is 129 cm³/mol. The summed E-state index contributed by atoms with van der Waals surface area (Å²) >= 11 is 0. The van der Waals surface area contributed by atoms with Crippen LogP contribution in [0.4, 0.5) is 4.39 Å². The van der Waals surface area contributed by atoms with Gasteiger partial charge in [0.05, 0.1) is 11.7 Å². The zero-order valence-corrected chi connectivity index (χ0v) is 20.8. The zero-order chi connectivity index (χ0) is 20.8. The Hall–Kier alpha value is -1.68. The molecule has 0 bridgehead atoms. The minimum atomic E-state index is -0.221. The summed E-state index contributed by atoms with van der Waals surface area (Å²) in [7, 11) is 7.78. The molecule has 0 aliphatic heterocycles. The molecule has 0 fully saturated rings. The van der Waals surface area contributed by atoms with Gasteiger partial charge >= 0.3 is 0 Å². The number of hydrogen-bond acceptors (Lipinski definition) is 3. The van der Waals surface area contributed by atoms with Gasteiger partial charge in [0.15, 0.2) is 5.96 Å². The SMILES string of the molecule is CN=C(NCC(c1ccc(F)cc1)N(C)C)NC(C)Cc1c(C)nn(C)c1C.I. The van der Waals surface area contributed by atoms with Crippen molar-refractivity contribution < 1.29 is 4.39 Å². The van der Waals surface area contributed by atoms with Crippen molar-refractivity contribution in [3.63, 3.8) is 0 Å². The van der Waals surface area contributed by atoms with E-state index in [4.69, 9.17) is 0 Å². The molecule has 6 nitrogen and oxygen atoms in total. The molecule has 8 heteroatoms. The maximum atomic E-state index is 13.2. The highest BCUT2D eigenvalue weighted by Crippen LogP contribution is 2.18. The zero-order valence-electron chi connectivity index (χ0n) is 18.5. The first-order valence-electron chi connectivity index (χ1n) is 9.61. The fourth-order valence-electron chi connectivity index (χ4n) is 3.37. The Morgan fingerprint density at radius 1 is 1.24 bits per heavy atom. The average Bonchev–Trinajstić information content (AvgIpc) is 2.88. The van der Waals surface area contributed by atoms with Gasteiger partial charge in [0, 0.05) is 32.4 Å². The van der Waals surface area contributed by atoms with Crippen LogP contribution >= 0.6 is 24.0 Å². The fourth-order valence-corrected chi connectivity index (χ4v) is 3.37. The summed E-state index contributed by atoms with van der Waals surface area (Å²) in [4.78, 5) is 6.46. The third kappa shape index (κ3) is 6.95. The van der Waals surface area contributed by atoms with E-state index in [-0.39, 0.29) is 41.9 Å². The van der Waals surface area contributed by atoms with Crippen LogP contribution in [-0.2, 0) is 13.5 Å². The van der Waals surface area contributed by atoms with Crippen LogP contribution < -0.4 is 10.6 Å². The highest BCUT2D eigenvalue weighted by molar-refractivity contribution is 14.0. The molecule has 2 aromatic rings. The molecular weight excluding hydrogens is 482 g/mol. The molecule has 1 aromatic heterocycles. The molecule has 1 aromatic carbocycles. The summed E-state index contributed by atoms with van der Waals surface area (Å²) in [6.07, 6.45) is 0.876. The van der Waals surface area contributed by atoms with Gasteiger partial charge in [0.2, 0.25) is 0 Å². The van der Waals surface area contributed by atoms with Crippen LogP contribution in [0.1, 0.15) is 35.5 Å². The van der Waals surface area contributed by atoms with Gasteiger partial charge in [-0.15, -0.1) is 24.0 Å². The number of nitrogens with one attached hydrogen (secondary N) is 2. The molecule has 0 saturated heterocycles. The number of hydrogen-bond donors (Lipinski definition) is 2. The molecule has 29 heavy (non-hydrogen) atoms. The Bertz CT molecular complexity index is 800. The lowest BCUT2D eigenvalue weighted by Crippen LogP contribution is -2.45. The molecule has 2 atom stereocenters. The van der Waals surface area contributed by atoms with Crippen LogP contribution in [0.2, 0.25) is 0 Å². The molecule has 2 rings (SSSR count). The summed E-state index contributed by atoms with van der Waals surface area (Å²) in [5, 5.41) is 11.3. The van der Waals surface area contributed by atoms with E-state index in [1.807, 2.05) is 44.9 Å². The Morgan fingerprint density at radius 3 is 2.34 bits per heavy atom.